The molecule has 2 aliphatic heterocycles. The van der Waals surface area contributed by atoms with Crippen LogP contribution in [-0.4, -0.2) is 41.6 Å². The second-order valence-corrected chi connectivity index (χ2v) is 5.19. The Bertz CT molecular complexity index is 194. The summed E-state index contributed by atoms with van der Waals surface area (Å²) in [6.07, 6.45) is 11.0. The van der Waals surface area contributed by atoms with Gasteiger partial charge in [0.1, 0.15) is 0 Å². The van der Waals surface area contributed by atoms with E-state index < -0.39 is 0 Å². The smallest absolute Gasteiger partial charge is 0.0625 e. The molecule has 0 amide bonds. The minimum atomic E-state index is 0.836. The first-order valence-electron chi connectivity index (χ1n) is 6.45. The maximum atomic E-state index is 2.80. The Morgan fingerprint density at radius 1 is 0.714 bits per heavy atom. The Balaban J connectivity index is 1.63. The van der Waals surface area contributed by atoms with Crippen molar-refractivity contribution in [1.82, 2.24) is 9.80 Å². The van der Waals surface area contributed by atoms with Crippen LogP contribution in [0, 0.1) is 0 Å². The molecule has 2 saturated heterocycles. The first kappa shape index (κ1) is 9.17. The molecule has 0 N–H and O–H groups in total. The molecule has 0 aromatic heterocycles. The maximum absolute atomic E-state index is 2.80. The van der Waals surface area contributed by atoms with Crippen molar-refractivity contribution in [3.05, 3.63) is 0 Å². The third-order valence-electron chi connectivity index (χ3n) is 4.09. The molecule has 0 bridgehead atoms. The van der Waals surface area contributed by atoms with Gasteiger partial charge in [-0.2, -0.15) is 0 Å². The zero-order valence-electron chi connectivity index (χ0n) is 9.12. The molecule has 0 radical (unpaired) electrons. The lowest BCUT2D eigenvalue weighted by Crippen LogP contribution is -2.47. The van der Waals surface area contributed by atoms with Crippen molar-refractivity contribution >= 4 is 0 Å². The fourth-order valence-electron chi connectivity index (χ4n) is 3.21. The van der Waals surface area contributed by atoms with Crippen LogP contribution in [0.3, 0.4) is 0 Å². The van der Waals surface area contributed by atoms with Gasteiger partial charge in [-0.05, 0) is 51.6 Å². The van der Waals surface area contributed by atoms with E-state index >= 15 is 0 Å². The van der Waals surface area contributed by atoms with Gasteiger partial charge in [-0.3, -0.25) is 9.80 Å². The van der Waals surface area contributed by atoms with E-state index in [1.165, 1.54) is 64.6 Å². The molecule has 2 nitrogen and oxygen atoms in total. The summed E-state index contributed by atoms with van der Waals surface area (Å²) in [5, 5.41) is 0. The third-order valence-corrected chi connectivity index (χ3v) is 4.09. The lowest BCUT2D eigenvalue weighted by atomic mass is 10.1. The van der Waals surface area contributed by atoms with E-state index in [1.54, 1.807) is 0 Å². The lowest BCUT2D eigenvalue weighted by Gasteiger charge is -2.37. The molecule has 3 aliphatic rings. The predicted octanol–water partition coefficient (Wildman–Crippen LogP) is 2.06. The molecule has 0 aromatic rings. The van der Waals surface area contributed by atoms with Crippen LogP contribution in [0.25, 0.3) is 0 Å². The van der Waals surface area contributed by atoms with Crippen molar-refractivity contribution in [2.24, 2.45) is 0 Å². The van der Waals surface area contributed by atoms with Crippen LogP contribution in [0.2, 0.25) is 0 Å². The molecular formula is C12H22N2. The Morgan fingerprint density at radius 3 is 2.21 bits per heavy atom. The van der Waals surface area contributed by atoms with Crippen LogP contribution in [0.1, 0.15) is 44.9 Å². The fraction of sp³-hybridized carbons (Fsp3) is 1.00. The van der Waals surface area contributed by atoms with Crippen molar-refractivity contribution in [3.63, 3.8) is 0 Å². The molecule has 1 aliphatic carbocycles. The zero-order valence-corrected chi connectivity index (χ0v) is 9.12. The summed E-state index contributed by atoms with van der Waals surface area (Å²) in [4.78, 5) is 5.56. The van der Waals surface area contributed by atoms with Crippen molar-refractivity contribution in [3.8, 4) is 0 Å². The van der Waals surface area contributed by atoms with Gasteiger partial charge in [0.2, 0.25) is 0 Å². The average molecular weight is 194 g/mol. The number of nitrogens with zero attached hydrogens (tertiary/aromatic N) is 2. The molecular weight excluding hydrogens is 172 g/mol. The molecule has 0 spiro atoms. The topological polar surface area (TPSA) is 6.48 Å². The molecule has 14 heavy (non-hydrogen) atoms. The number of piperidine rings is 1. The zero-order chi connectivity index (χ0) is 9.38. The molecule has 1 atom stereocenters. The summed E-state index contributed by atoms with van der Waals surface area (Å²) in [5.74, 6) is 0. The molecule has 2 heteroatoms. The minimum absolute atomic E-state index is 0.836. The largest absolute Gasteiger partial charge is 0.288 e. The van der Waals surface area contributed by atoms with Gasteiger partial charge < -0.3 is 0 Å². The van der Waals surface area contributed by atoms with Crippen LogP contribution >= 0.6 is 0 Å². The predicted molar refractivity (Wildman–Crippen MR) is 58.2 cm³/mol. The van der Waals surface area contributed by atoms with Gasteiger partial charge in [-0.1, -0.05) is 6.42 Å². The van der Waals surface area contributed by atoms with Gasteiger partial charge in [0.25, 0.3) is 0 Å². The standard InChI is InChI=1S/C12H22N2/c1-2-8-13(9-3-1)12-5-4-10-14(12)11-6-7-11/h11-12H,1-10H2. The van der Waals surface area contributed by atoms with Crippen molar-refractivity contribution < 1.29 is 0 Å². The maximum Gasteiger partial charge on any atom is 0.0625 e. The summed E-state index contributed by atoms with van der Waals surface area (Å²) < 4.78 is 0. The molecule has 3 rings (SSSR count). The van der Waals surface area contributed by atoms with E-state index in [-0.39, 0.29) is 0 Å². The summed E-state index contributed by atoms with van der Waals surface area (Å²) in [6.45, 7) is 4.12. The Kier molecular flexibility index (Phi) is 2.50. The highest BCUT2D eigenvalue weighted by molar-refractivity contribution is 4.92. The monoisotopic (exact) mass is 194 g/mol. The number of rotatable bonds is 2. The molecule has 2 heterocycles. The summed E-state index contributed by atoms with van der Waals surface area (Å²) in [5.41, 5.74) is 0. The average Bonchev–Trinajstić information content (AvgIpc) is 2.98. The highest BCUT2D eigenvalue weighted by atomic mass is 15.4. The van der Waals surface area contributed by atoms with Crippen molar-refractivity contribution in [2.75, 3.05) is 19.6 Å². The Morgan fingerprint density at radius 2 is 1.50 bits per heavy atom. The van der Waals surface area contributed by atoms with E-state index in [4.69, 9.17) is 0 Å². The normalized spacial score (nSPS) is 36.4. The van der Waals surface area contributed by atoms with Gasteiger partial charge in [-0.15, -0.1) is 0 Å². The third kappa shape index (κ3) is 1.70. The molecule has 1 saturated carbocycles. The van der Waals surface area contributed by atoms with Gasteiger partial charge in [0, 0.05) is 12.6 Å². The number of hydrogen-bond donors (Lipinski definition) is 0. The summed E-state index contributed by atoms with van der Waals surface area (Å²) >= 11 is 0. The number of hydrogen-bond acceptors (Lipinski definition) is 2. The summed E-state index contributed by atoms with van der Waals surface area (Å²) in [6, 6.07) is 0.976. The quantitative estimate of drug-likeness (QED) is 0.664. The first-order valence-corrected chi connectivity index (χ1v) is 6.45. The van der Waals surface area contributed by atoms with Gasteiger partial charge in [-0.25, -0.2) is 0 Å². The first-order chi connectivity index (χ1) is 6.95. The molecule has 3 fully saturated rings. The van der Waals surface area contributed by atoms with Crippen molar-refractivity contribution in [2.45, 2.75) is 57.2 Å². The van der Waals surface area contributed by atoms with E-state index in [0.717, 1.165) is 12.2 Å². The van der Waals surface area contributed by atoms with Gasteiger partial charge in [0.15, 0.2) is 0 Å². The second kappa shape index (κ2) is 3.82. The minimum Gasteiger partial charge on any atom is -0.288 e. The number of likely N-dealkylation sites (tertiary alicyclic amines) is 2. The lowest BCUT2D eigenvalue weighted by molar-refractivity contribution is 0.0537. The molecule has 0 aromatic carbocycles. The van der Waals surface area contributed by atoms with E-state index in [1.807, 2.05) is 0 Å². The van der Waals surface area contributed by atoms with Gasteiger partial charge in [0.05, 0.1) is 6.17 Å². The van der Waals surface area contributed by atoms with E-state index in [2.05, 4.69) is 9.80 Å². The van der Waals surface area contributed by atoms with E-state index in [0.29, 0.717) is 0 Å². The highest BCUT2D eigenvalue weighted by Crippen LogP contribution is 2.35. The van der Waals surface area contributed by atoms with E-state index in [9.17, 15) is 0 Å². The summed E-state index contributed by atoms with van der Waals surface area (Å²) in [7, 11) is 0. The molecule has 1 unspecified atom stereocenters. The highest BCUT2D eigenvalue weighted by Gasteiger charge is 2.39. The van der Waals surface area contributed by atoms with Crippen LogP contribution in [-0.2, 0) is 0 Å². The second-order valence-electron chi connectivity index (χ2n) is 5.19. The SMILES string of the molecule is C1CCN(C2CCCN2C2CC2)CC1. The molecule has 80 valence electrons. The Hall–Kier alpha value is -0.0800. The van der Waals surface area contributed by atoms with Crippen LogP contribution < -0.4 is 0 Å². The van der Waals surface area contributed by atoms with Gasteiger partial charge >= 0.3 is 0 Å². The van der Waals surface area contributed by atoms with Crippen LogP contribution in [0.4, 0.5) is 0 Å². The van der Waals surface area contributed by atoms with Crippen molar-refractivity contribution in [1.29, 1.82) is 0 Å². The Labute approximate surface area is 87.3 Å². The fourth-order valence-corrected chi connectivity index (χ4v) is 3.21. The van der Waals surface area contributed by atoms with Crippen LogP contribution in [0.5, 0.6) is 0 Å². The van der Waals surface area contributed by atoms with Crippen LogP contribution in [0.15, 0.2) is 0 Å².